The van der Waals surface area contributed by atoms with E-state index in [1.54, 1.807) is 0 Å². The quantitative estimate of drug-likeness (QED) is 0.281. The molecule has 0 spiro atoms. The van der Waals surface area contributed by atoms with E-state index in [9.17, 15) is 19.2 Å². The van der Waals surface area contributed by atoms with Gasteiger partial charge in [-0.3, -0.25) is 0 Å². The molecule has 2 rings (SSSR count). The summed E-state index contributed by atoms with van der Waals surface area (Å²) >= 11 is 0. The molecule has 0 aromatic heterocycles. The molecule has 10 nitrogen and oxygen atoms in total. The lowest BCUT2D eigenvalue weighted by molar-refractivity contribution is 0.0264. The Morgan fingerprint density at radius 3 is 1.03 bits per heavy atom. The van der Waals surface area contributed by atoms with E-state index in [4.69, 9.17) is 29.2 Å². The molecule has 0 aliphatic heterocycles. The third-order valence-electron chi connectivity index (χ3n) is 4.17. The second kappa shape index (κ2) is 13.1. The van der Waals surface area contributed by atoms with Crippen LogP contribution >= 0.6 is 0 Å². The number of esters is 4. The topological polar surface area (TPSA) is 146 Å². The first-order valence-electron chi connectivity index (χ1n) is 10.4. The van der Waals surface area contributed by atoms with Crippen LogP contribution in [0, 0.1) is 0 Å². The van der Waals surface area contributed by atoms with Gasteiger partial charge in [-0.05, 0) is 62.4 Å². The number of benzene rings is 2. The standard InChI is InChI=1S/C24H26O10/c1-15(25)13-33-23(29)19-7-3-17(4-8-19)21(27)31-11-12-32-22(28)18-5-9-20(10-6-18)24(30)34-14-16(2)26/h3-10,15-16,25-26H,11-14H2,1-2H3. The SMILES string of the molecule is CC(O)COC(=O)c1ccc(C(=O)OCCOC(=O)c2ccc(C(=O)OCC(C)O)cc2)cc1. The molecule has 0 heterocycles. The average molecular weight is 474 g/mol. The highest BCUT2D eigenvalue weighted by Crippen LogP contribution is 2.10. The maximum atomic E-state index is 12.1. The van der Waals surface area contributed by atoms with Crippen LogP contribution in [-0.2, 0) is 18.9 Å². The number of carbonyl (C=O) groups excluding carboxylic acids is 4. The summed E-state index contributed by atoms with van der Waals surface area (Å²) in [5.41, 5.74) is 0.815. The molecule has 2 aromatic rings. The Labute approximate surface area is 196 Å². The molecule has 182 valence electrons. The zero-order valence-corrected chi connectivity index (χ0v) is 18.8. The van der Waals surface area contributed by atoms with E-state index in [2.05, 4.69) is 0 Å². The Morgan fingerprint density at radius 1 is 0.559 bits per heavy atom. The Bertz CT molecular complexity index is 896. The third kappa shape index (κ3) is 8.64. The smallest absolute Gasteiger partial charge is 0.338 e. The van der Waals surface area contributed by atoms with Gasteiger partial charge in [0.05, 0.1) is 34.5 Å². The summed E-state index contributed by atoms with van der Waals surface area (Å²) < 4.78 is 19.8. The second-order valence-corrected chi connectivity index (χ2v) is 7.32. The molecule has 2 N–H and O–H groups in total. The van der Waals surface area contributed by atoms with E-state index in [1.165, 1.54) is 62.4 Å². The molecule has 0 bridgehead atoms. The summed E-state index contributed by atoms with van der Waals surface area (Å²) in [5.74, 6) is -2.59. The molecule has 0 amide bonds. The van der Waals surface area contributed by atoms with Crippen LogP contribution in [0.1, 0.15) is 55.3 Å². The van der Waals surface area contributed by atoms with Gasteiger partial charge in [0.15, 0.2) is 0 Å². The number of rotatable bonds is 11. The maximum Gasteiger partial charge on any atom is 0.338 e. The van der Waals surface area contributed by atoms with Crippen molar-refractivity contribution in [1.29, 1.82) is 0 Å². The molecular weight excluding hydrogens is 448 g/mol. The van der Waals surface area contributed by atoms with Crippen molar-refractivity contribution in [1.82, 2.24) is 0 Å². The predicted octanol–water partition coefficient (Wildman–Crippen LogP) is 1.78. The zero-order valence-electron chi connectivity index (χ0n) is 18.8. The Balaban J connectivity index is 1.75. The van der Waals surface area contributed by atoms with E-state index < -0.39 is 36.1 Å². The van der Waals surface area contributed by atoms with Crippen LogP contribution < -0.4 is 0 Å². The van der Waals surface area contributed by atoms with Crippen LogP contribution in [0.15, 0.2) is 48.5 Å². The van der Waals surface area contributed by atoms with Gasteiger partial charge in [0, 0.05) is 0 Å². The van der Waals surface area contributed by atoms with Gasteiger partial charge in [-0.25, -0.2) is 19.2 Å². The molecule has 2 atom stereocenters. The molecule has 10 heteroatoms. The van der Waals surface area contributed by atoms with Gasteiger partial charge in [0.2, 0.25) is 0 Å². The van der Waals surface area contributed by atoms with E-state index in [-0.39, 0.29) is 48.7 Å². The number of aliphatic hydroxyl groups is 2. The van der Waals surface area contributed by atoms with Crippen molar-refractivity contribution < 1.29 is 48.3 Å². The predicted molar refractivity (Wildman–Crippen MR) is 117 cm³/mol. The third-order valence-corrected chi connectivity index (χ3v) is 4.17. The fraction of sp³-hybridized carbons (Fsp3) is 0.333. The summed E-state index contributed by atoms with van der Waals surface area (Å²) in [6, 6.07) is 11.1. The molecule has 34 heavy (non-hydrogen) atoms. The van der Waals surface area contributed by atoms with Crippen LogP contribution in [0.3, 0.4) is 0 Å². The van der Waals surface area contributed by atoms with Crippen molar-refractivity contribution in [3.63, 3.8) is 0 Å². The summed E-state index contributed by atoms with van der Waals surface area (Å²) in [4.78, 5) is 47.8. The minimum Gasteiger partial charge on any atom is -0.459 e. The van der Waals surface area contributed by atoms with Gasteiger partial charge >= 0.3 is 23.9 Å². The molecule has 0 aliphatic carbocycles. The molecule has 0 saturated carbocycles. The lowest BCUT2D eigenvalue weighted by Crippen LogP contribution is -2.16. The van der Waals surface area contributed by atoms with E-state index in [0.717, 1.165) is 0 Å². The molecule has 2 aromatic carbocycles. The molecule has 0 radical (unpaired) electrons. The van der Waals surface area contributed by atoms with Crippen molar-refractivity contribution in [3.05, 3.63) is 70.8 Å². The minimum absolute atomic E-state index is 0.137. The van der Waals surface area contributed by atoms with Crippen molar-refractivity contribution in [2.45, 2.75) is 26.1 Å². The van der Waals surface area contributed by atoms with Crippen LogP contribution in [0.25, 0.3) is 0 Å². The number of aliphatic hydroxyl groups excluding tert-OH is 2. The van der Waals surface area contributed by atoms with Crippen molar-refractivity contribution in [2.75, 3.05) is 26.4 Å². The van der Waals surface area contributed by atoms with Gasteiger partial charge in [0.25, 0.3) is 0 Å². The molecule has 0 aliphatic rings. The summed E-state index contributed by atoms with van der Waals surface area (Å²) in [6.45, 7) is 2.32. The fourth-order valence-corrected chi connectivity index (χ4v) is 2.48. The number of hydrogen-bond acceptors (Lipinski definition) is 10. The van der Waals surface area contributed by atoms with Gasteiger partial charge in [-0.2, -0.15) is 0 Å². The first-order chi connectivity index (χ1) is 16.2. The Hall–Kier alpha value is -3.76. The fourth-order valence-electron chi connectivity index (χ4n) is 2.48. The second-order valence-electron chi connectivity index (χ2n) is 7.32. The number of carbonyl (C=O) groups is 4. The normalized spacial score (nSPS) is 12.2. The largest absolute Gasteiger partial charge is 0.459 e. The van der Waals surface area contributed by atoms with Gasteiger partial charge < -0.3 is 29.2 Å². The zero-order chi connectivity index (χ0) is 25.1. The number of hydrogen-bond donors (Lipinski definition) is 2. The molecule has 2 unspecified atom stereocenters. The highest BCUT2D eigenvalue weighted by atomic mass is 16.6. The minimum atomic E-state index is -0.781. The molecule has 0 fully saturated rings. The van der Waals surface area contributed by atoms with Crippen molar-refractivity contribution in [2.24, 2.45) is 0 Å². The monoisotopic (exact) mass is 474 g/mol. The van der Waals surface area contributed by atoms with Crippen molar-refractivity contribution in [3.8, 4) is 0 Å². The van der Waals surface area contributed by atoms with E-state index in [0.29, 0.717) is 0 Å². The molecular formula is C24H26O10. The van der Waals surface area contributed by atoms with Gasteiger partial charge in [-0.15, -0.1) is 0 Å². The highest BCUT2D eigenvalue weighted by Gasteiger charge is 2.14. The maximum absolute atomic E-state index is 12.1. The highest BCUT2D eigenvalue weighted by molar-refractivity contribution is 5.94. The Morgan fingerprint density at radius 2 is 0.794 bits per heavy atom. The summed E-state index contributed by atoms with van der Waals surface area (Å²) in [7, 11) is 0. The molecule has 0 saturated heterocycles. The van der Waals surface area contributed by atoms with Crippen LogP contribution in [-0.4, -0.2) is 72.7 Å². The van der Waals surface area contributed by atoms with Crippen LogP contribution in [0.4, 0.5) is 0 Å². The first kappa shape index (κ1) is 26.5. The Kier molecular flexibility index (Phi) is 10.2. The lowest BCUT2D eigenvalue weighted by atomic mass is 10.1. The van der Waals surface area contributed by atoms with Crippen LogP contribution in [0.2, 0.25) is 0 Å². The lowest BCUT2D eigenvalue weighted by Gasteiger charge is -2.09. The van der Waals surface area contributed by atoms with E-state index in [1.807, 2.05) is 0 Å². The number of ether oxygens (including phenoxy) is 4. The van der Waals surface area contributed by atoms with Gasteiger partial charge in [-0.1, -0.05) is 0 Å². The van der Waals surface area contributed by atoms with Crippen LogP contribution in [0.5, 0.6) is 0 Å². The summed E-state index contributed by atoms with van der Waals surface area (Å²) in [5, 5.41) is 18.3. The first-order valence-corrected chi connectivity index (χ1v) is 10.4. The van der Waals surface area contributed by atoms with E-state index >= 15 is 0 Å². The summed E-state index contributed by atoms with van der Waals surface area (Å²) in [6.07, 6.45) is -1.56. The van der Waals surface area contributed by atoms with Gasteiger partial charge in [0.1, 0.15) is 26.4 Å². The average Bonchev–Trinajstić information content (AvgIpc) is 2.83. The van der Waals surface area contributed by atoms with Crippen molar-refractivity contribution >= 4 is 23.9 Å².